The number of hydrogen-bond donors (Lipinski definition) is 0. The molecule has 39 heavy (non-hydrogen) atoms. The Kier molecular flexibility index (Phi) is 10.0. The number of hydrogen-bond acceptors (Lipinski definition) is 4. The Balaban J connectivity index is 1.71. The van der Waals surface area contributed by atoms with E-state index in [-0.39, 0.29) is 11.9 Å². The molecule has 1 heterocycles. The molecule has 1 aliphatic rings. The Labute approximate surface area is 234 Å². The fraction of sp³-hybridized carbons (Fsp3) is 0.441. The maximum absolute atomic E-state index is 13.3. The lowest BCUT2D eigenvalue weighted by molar-refractivity contribution is -0.134. The summed E-state index contributed by atoms with van der Waals surface area (Å²) < 4.78 is 18.0. The van der Waals surface area contributed by atoms with Gasteiger partial charge in [-0.05, 0) is 59.7 Å². The lowest BCUT2D eigenvalue weighted by atomic mass is 9.80. The Bertz CT molecular complexity index is 1110. The number of nitrogens with zero attached hydrogens (tertiary/aromatic N) is 1. The van der Waals surface area contributed by atoms with Crippen molar-refractivity contribution in [2.75, 3.05) is 27.4 Å². The van der Waals surface area contributed by atoms with Gasteiger partial charge in [0.2, 0.25) is 5.91 Å². The lowest BCUT2D eigenvalue weighted by Crippen LogP contribution is -2.42. The van der Waals surface area contributed by atoms with E-state index < -0.39 is 5.60 Å². The van der Waals surface area contributed by atoms with Crippen molar-refractivity contribution >= 4 is 5.91 Å². The summed E-state index contributed by atoms with van der Waals surface area (Å²) in [6, 6.07) is 26.6. The number of rotatable bonds is 13. The molecule has 0 saturated carbocycles. The van der Waals surface area contributed by atoms with Crippen LogP contribution < -0.4 is 9.47 Å². The molecule has 0 bridgehead atoms. The SMILES string of the molecule is CCCCCCC(=O)N1C[C@H](C)C[C@H]1COC(c1ccccc1)(c1ccc(OC)cc1)c1ccc(OC)cc1. The molecular formula is C34H43NO4. The number of carbonyl (C=O) groups excluding carboxylic acids is 1. The molecule has 1 fully saturated rings. The van der Waals surface area contributed by atoms with Crippen LogP contribution in [0.1, 0.15) is 69.1 Å². The van der Waals surface area contributed by atoms with Crippen molar-refractivity contribution in [1.82, 2.24) is 4.90 Å². The van der Waals surface area contributed by atoms with Gasteiger partial charge < -0.3 is 19.1 Å². The lowest BCUT2D eigenvalue weighted by Gasteiger charge is -2.38. The molecule has 3 aromatic carbocycles. The van der Waals surface area contributed by atoms with E-state index in [2.05, 4.69) is 55.1 Å². The first-order valence-electron chi connectivity index (χ1n) is 14.3. The van der Waals surface area contributed by atoms with E-state index in [9.17, 15) is 4.79 Å². The molecule has 1 aliphatic heterocycles. The maximum atomic E-state index is 13.3. The first-order chi connectivity index (χ1) is 19.0. The summed E-state index contributed by atoms with van der Waals surface area (Å²) in [5, 5.41) is 0. The first kappa shape index (κ1) is 28.7. The molecular weight excluding hydrogens is 486 g/mol. The van der Waals surface area contributed by atoms with Gasteiger partial charge in [0, 0.05) is 13.0 Å². The number of unbranched alkanes of at least 4 members (excludes halogenated alkanes) is 3. The third-order valence-corrected chi connectivity index (χ3v) is 7.85. The van der Waals surface area contributed by atoms with Crippen molar-refractivity contribution in [2.45, 2.75) is 64.0 Å². The van der Waals surface area contributed by atoms with Gasteiger partial charge in [-0.25, -0.2) is 0 Å². The number of likely N-dealkylation sites (tertiary alicyclic amines) is 1. The fourth-order valence-corrected chi connectivity index (χ4v) is 5.76. The molecule has 0 aliphatic carbocycles. The highest BCUT2D eigenvalue weighted by molar-refractivity contribution is 5.76. The monoisotopic (exact) mass is 529 g/mol. The summed E-state index contributed by atoms with van der Waals surface area (Å²) >= 11 is 0. The van der Waals surface area contributed by atoms with Crippen molar-refractivity contribution in [1.29, 1.82) is 0 Å². The summed E-state index contributed by atoms with van der Waals surface area (Å²) in [4.78, 5) is 15.4. The summed E-state index contributed by atoms with van der Waals surface area (Å²) in [6.07, 6.45) is 5.97. The van der Waals surface area contributed by atoms with Crippen molar-refractivity contribution in [3.05, 3.63) is 95.6 Å². The van der Waals surface area contributed by atoms with Gasteiger partial charge in [0.1, 0.15) is 17.1 Å². The van der Waals surface area contributed by atoms with Gasteiger partial charge >= 0.3 is 0 Å². The highest BCUT2D eigenvalue weighted by Crippen LogP contribution is 2.42. The van der Waals surface area contributed by atoms with Crippen LogP contribution in [-0.2, 0) is 15.1 Å². The van der Waals surface area contributed by atoms with Crippen LogP contribution in [0, 0.1) is 5.92 Å². The van der Waals surface area contributed by atoms with Gasteiger partial charge in [0.15, 0.2) is 0 Å². The third kappa shape index (κ3) is 6.65. The van der Waals surface area contributed by atoms with Crippen molar-refractivity contribution < 1.29 is 19.0 Å². The normalized spacial score (nSPS) is 17.3. The van der Waals surface area contributed by atoms with Gasteiger partial charge in [-0.3, -0.25) is 4.79 Å². The average molecular weight is 530 g/mol. The van der Waals surface area contributed by atoms with Crippen LogP contribution >= 0.6 is 0 Å². The molecule has 0 aromatic heterocycles. The van der Waals surface area contributed by atoms with Crippen LogP contribution in [0.5, 0.6) is 11.5 Å². The Morgan fingerprint density at radius 1 is 0.821 bits per heavy atom. The molecule has 0 spiro atoms. The quantitative estimate of drug-likeness (QED) is 0.173. The number of benzene rings is 3. The zero-order chi connectivity index (χ0) is 27.7. The van der Waals surface area contributed by atoms with Crippen LogP contribution in [0.25, 0.3) is 0 Å². The van der Waals surface area contributed by atoms with E-state index in [4.69, 9.17) is 14.2 Å². The third-order valence-electron chi connectivity index (χ3n) is 7.85. The number of amides is 1. The minimum absolute atomic E-state index is 0.0401. The molecule has 2 atom stereocenters. The van der Waals surface area contributed by atoms with Gasteiger partial charge in [-0.1, -0.05) is 87.7 Å². The largest absolute Gasteiger partial charge is 0.497 e. The molecule has 0 radical (unpaired) electrons. The minimum Gasteiger partial charge on any atom is -0.497 e. The van der Waals surface area contributed by atoms with Crippen LogP contribution in [0.15, 0.2) is 78.9 Å². The standard InChI is InChI=1S/C34H43NO4/c1-5-6-7-11-14-33(36)35-24-26(2)23-30(35)25-39-34(27-12-9-8-10-13-27,28-15-19-31(37-3)20-16-28)29-17-21-32(38-4)22-18-29/h8-10,12-13,15-22,26,30H,5-7,11,14,23-25H2,1-4H3/t26-,30+/m1/s1. The molecule has 1 amide bonds. The Morgan fingerprint density at radius 3 is 1.92 bits per heavy atom. The number of methoxy groups -OCH3 is 2. The van der Waals surface area contributed by atoms with Crippen molar-refractivity contribution in [2.24, 2.45) is 5.92 Å². The zero-order valence-electron chi connectivity index (χ0n) is 23.9. The van der Waals surface area contributed by atoms with Crippen LogP contribution in [0.2, 0.25) is 0 Å². The second kappa shape index (κ2) is 13.7. The van der Waals surface area contributed by atoms with E-state index >= 15 is 0 Å². The minimum atomic E-state index is -0.874. The Morgan fingerprint density at radius 2 is 1.38 bits per heavy atom. The molecule has 208 valence electrons. The highest BCUT2D eigenvalue weighted by atomic mass is 16.5. The molecule has 3 aromatic rings. The van der Waals surface area contributed by atoms with E-state index in [0.717, 1.165) is 54.0 Å². The fourth-order valence-electron chi connectivity index (χ4n) is 5.76. The number of ether oxygens (including phenoxy) is 3. The van der Waals surface area contributed by atoms with E-state index in [1.165, 1.54) is 12.8 Å². The smallest absolute Gasteiger partial charge is 0.222 e. The van der Waals surface area contributed by atoms with E-state index in [0.29, 0.717) is 18.9 Å². The van der Waals surface area contributed by atoms with E-state index in [1.54, 1.807) is 14.2 Å². The Hall–Kier alpha value is -3.31. The van der Waals surface area contributed by atoms with Gasteiger partial charge in [-0.2, -0.15) is 0 Å². The number of carbonyl (C=O) groups is 1. The second-order valence-electron chi connectivity index (χ2n) is 10.7. The van der Waals surface area contributed by atoms with Gasteiger partial charge in [0.25, 0.3) is 0 Å². The summed E-state index contributed by atoms with van der Waals surface area (Å²) in [5.41, 5.74) is 2.16. The summed E-state index contributed by atoms with van der Waals surface area (Å²) in [7, 11) is 3.35. The molecule has 5 heteroatoms. The molecule has 0 N–H and O–H groups in total. The first-order valence-corrected chi connectivity index (χ1v) is 14.3. The molecule has 0 unspecified atom stereocenters. The van der Waals surface area contributed by atoms with Gasteiger partial charge in [-0.15, -0.1) is 0 Å². The summed E-state index contributed by atoms with van der Waals surface area (Å²) in [5.74, 6) is 2.29. The van der Waals surface area contributed by atoms with Gasteiger partial charge in [0.05, 0.1) is 26.9 Å². The summed E-state index contributed by atoms with van der Waals surface area (Å²) in [6.45, 7) is 5.67. The zero-order valence-corrected chi connectivity index (χ0v) is 23.9. The predicted molar refractivity (Wildman–Crippen MR) is 156 cm³/mol. The molecule has 5 nitrogen and oxygen atoms in total. The van der Waals surface area contributed by atoms with Crippen LogP contribution in [0.3, 0.4) is 0 Å². The van der Waals surface area contributed by atoms with Crippen molar-refractivity contribution in [3.63, 3.8) is 0 Å². The van der Waals surface area contributed by atoms with Crippen molar-refractivity contribution in [3.8, 4) is 11.5 Å². The van der Waals surface area contributed by atoms with Crippen LogP contribution in [0.4, 0.5) is 0 Å². The molecule has 1 saturated heterocycles. The topological polar surface area (TPSA) is 48.0 Å². The second-order valence-corrected chi connectivity index (χ2v) is 10.7. The predicted octanol–water partition coefficient (Wildman–Crippen LogP) is 7.22. The van der Waals surface area contributed by atoms with E-state index in [1.807, 2.05) is 42.5 Å². The average Bonchev–Trinajstić information content (AvgIpc) is 3.37. The highest BCUT2D eigenvalue weighted by Gasteiger charge is 2.41. The molecule has 4 rings (SSSR count). The maximum Gasteiger partial charge on any atom is 0.222 e. The van der Waals surface area contributed by atoms with Crippen LogP contribution in [-0.4, -0.2) is 44.2 Å².